The second-order valence-corrected chi connectivity index (χ2v) is 6.81. The predicted octanol–water partition coefficient (Wildman–Crippen LogP) is 7.92. The molecule has 0 amide bonds. The van der Waals surface area contributed by atoms with Crippen LogP contribution in [0.25, 0.3) is 33.0 Å². The van der Waals surface area contributed by atoms with E-state index in [2.05, 4.69) is 23.5 Å². The van der Waals surface area contributed by atoms with Crippen molar-refractivity contribution in [3.8, 4) is 22.3 Å². The summed E-state index contributed by atoms with van der Waals surface area (Å²) in [5.74, 6) is 0. The molecule has 0 unspecified atom stereocenters. The zero-order chi connectivity index (χ0) is 22.9. The summed E-state index contributed by atoms with van der Waals surface area (Å²) in [6.07, 6.45) is 0. The molecule has 1 nitrogen and oxygen atoms in total. The topological polar surface area (TPSA) is 12.0 Å². The lowest BCUT2D eigenvalue weighted by atomic mass is 9.97. The van der Waals surface area contributed by atoms with Gasteiger partial charge in [-0.1, -0.05) is 103 Å². The fourth-order valence-corrected chi connectivity index (χ4v) is 3.54. The largest absolute Gasteiger partial charge is 0.355 e. The molecule has 5 aromatic rings. The van der Waals surface area contributed by atoms with Crippen molar-refractivity contribution in [3.05, 3.63) is 121 Å². The van der Waals surface area contributed by atoms with Crippen molar-refractivity contribution in [3.63, 3.8) is 0 Å². The van der Waals surface area contributed by atoms with Crippen molar-refractivity contribution < 1.29 is 5.48 Å². The Labute approximate surface area is 176 Å². The molecular formula is C28H21N. The van der Waals surface area contributed by atoms with Gasteiger partial charge in [-0.15, -0.1) is 0 Å². The summed E-state index contributed by atoms with van der Waals surface area (Å²) < 4.78 is 34.3. The summed E-state index contributed by atoms with van der Waals surface area (Å²) in [6.45, 7) is 0. The average Bonchev–Trinajstić information content (AvgIpc) is 2.87. The first-order valence-corrected chi connectivity index (χ1v) is 9.56. The van der Waals surface area contributed by atoms with E-state index in [-0.39, 0.29) is 29.9 Å². The summed E-state index contributed by atoms with van der Waals surface area (Å²) in [5, 5.41) is 5.20. The number of hydrogen-bond donors (Lipinski definition) is 1. The van der Waals surface area contributed by atoms with Crippen molar-refractivity contribution in [2.75, 3.05) is 5.32 Å². The number of rotatable bonds is 4. The van der Waals surface area contributed by atoms with E-state index in [0.717, 1.165) is 27.6 Å². The molecule has 0 atom stereocenters. The molecule has 0 aromatic heterocycles. The third-order valence-electron chi connectivity index (χ3n) is 4.96. The molecule has 5 rings (SSSR count). The first-order chi connectivity index (χ1) is 16.1. The predicted molar refractivity (Wildman–Crippen MR) is 125 cm³/mol. The Balaban J connectivity index is 1.64. The summed E-state index contributed by atoms with van der Waals surface area (Å²) in [7, 11) is 0. The average molecular weight is 376 g/mol. The van der Waals surface area contributed by atoms with Crippen LogP contribution in [0.4, 0.5) is 11.4 Å². The number of hydrogen-bond acceptors (Lipinski definition) is 1. The van der Waals surface area contributed by atoms with E-state index in [1.165, 1.54) is 0 Å². The molecule has 1 heteroatoms. The van der Waals surface area contributed by atoms with E-state index in [0.29, 0.717) is 11.1 Å². The summed E-state index contributed by atoms with van der Waals surface area (Å²) in [4.78, 5) is 0. The maximum atomic E-state index is 8.60. The molecule has 138 valence electrons. The highest BCUT2D eigenvalue weighted by atomic mass is 14.9. The Morgan fingerprint density at radius 2 is 1.07 bits per heavy atom. The third-order valence-corrected chi connectivity index (χ3v) is 4.96. The quantitative estimate of drug-likeness (QED) is 0.336. The van der Waals surface area contributed by atoms with E-state index in [4.69, 9.17) is 5.48 Å². The van der Waals surface area contributed by atoms with Gasteiger partial charge in [0.15, 0.2) is 0 Å². The monoisotopic (exact) mass is 375 g/mol. The minimum atomic E-state index is -0.0916. The number of fused-ring (bicyclic) bond motifs is 1. The molecule has 0 saturated carbocycles. The van der Waals surface area contributed by atoms with Gasteiger partial charge in [0.2, 0.25) is 0 Å². The van der Waals surface area contributed by atoms with Crippen LogP contribution in [0.1, 0.15) is 5.48 Å². The fourth-order valence-electron chi connectivity index (χ4n) is 3.54. The van der Waals surface area contributed by atoms with Gasteiger partial charge in [0.1, 0.15) is 0 Å². The standard InChI is InChI=1S/C28H21N/c1-3-9-21(10-4-1)22-15-17-24(18-16-22)29-28-20-19-25(23-11-5-2-6-12-23)26-13-7-8-14-27(26)28/h1-20,29H/i15D,16D,17D,18D. The van der Waals surface area contributed by atoms with Crippen LogP contribution in [-0.4, -0.2) is 0 Å². The van der Waals surface area contributed by atoms with Gasteiger partial charge >= 0.3 is 0 Å². The zero-order valence-corrected chi connectivity index (χ0v) is 15.7. The molecule has 5 aromatic carbocycles. The van der Waals surface area contributed by atoms with Gasteiger partial charge in [0.05, 0.1) is 5.48 Å². The number of anilines is 2. The van der Waals surface area contributed by atoms with Gasteiger partial charge in [0.25, 0.3) is 0 Å². The van der Waals surface area contributed by atoms with Crippen molar-refractivity contribution in [1.29, 1.82) is 0 Å². The van der Waals surface area contributed by atoms with Gasteiger partial charge in [-0.3, -0.25) is 0 Å². The van der Waals surface area contributed by atoms with E-state index in [9.17, 15) is 0 Å². The molecule has 0 aliphatic heterocycles. The van der Waals surface area contributed by atoms with Crippen molar-refractivity contribution in [1.82, 2.24) is 0 Å². The van der Waals surface area contributed by atoms with Crippen LogP contribution >= 0.6 is 0 Å². The van der Waals surface area contributed by atoms with Crippen LogP contribution in [0.2, 0.25) is 0 Å². The first-order valence-electron chi connectivity index (χ1n) is 11.6. The normalized spacial score (nSPS) is 12.7. The summed E-state index contributed by atoms with van der Waals surface area (Å²) >= 11 is 0. The number of nitrogens with one attached hydrogen (secondary N) is 1. The van der Waals surface area contributed by atoms with Crippen molar-refractivity contribution in [2.24, 2.45) is 0 Å². The maximum Gasteiger partial charge on any atom is 0.0645 e. The van der Waals surface area contributed by atoms with Crippen LogP contribution in [0, 0.1) is 0 Å². The Hall–Kier alpha value is -3.84. The second kappa shape index (κ2) is 7.65. The van der Waals surface area contributed by atoms with E-state index < -0.39 is 0 Å². The molecule has 0 spiro atoms. The lowest BCUT2D eigenvalue weighted by Gasteiger charge is -2.14. The highest BCUT2D eigenvalue weighted by Crippen LogP contribution is 2.34. The fraction of sp³-hybridized carbons (Fsp3) is 0. The highest BCUT2D eigenvalue weighted by molar-refractivity contribution is 6.04. The molecule has 0 fully saturated rings. The minimum absolute atomic E-state index is 0.0603. The molecule has 0 aliphatic rings. The van der Waals surface area contributed by atoms with E-state index in [1.54, 1.807) is 12.1 Å². The maximum absolute atomic E-state index is 8.60. The second-order valence-electron chi connectivity index (χ2n) is 6.81. The molecular weight excluding hydrogens is 350 g/mol. The van der Waals surface area contributed by atoms with E-state index >= 15 is 0 Å². The molecule has 1 N–H and O–H groups in total. The van der Waals surface area contributed by atoms with Gasteiger partial charge < -0.3 is 5.32 Å². The molecule has 0 heterocycles. The van der Waals surface area contributed by atoms with Crippen LogP contribution < -0.4 is 5.32 Å². The zero-order valence-electron chi connectivity index (χ0n) is 19.7. The Kier molecular flexibility index (Phi) is 3.52. The molecule has 0 saturated heterocycles. The molecule has 0 bridgehead atoms. The molecule has 0 aliphatic carbocycles. The smallest absolute Gasteiger partial charge is 0.0645 e. The SMILES string of the molecule is [2H]c1c([2H])c(-c2ccccc2)c([2H])c([2H])c1Nc1ccc(-c2ccccc2)c2ccccc12. The van der Waals surface area contributed by atoms with Crippen molar-refractivity contribution >= 4 is 22.1 Å². The molecule has 0 radical (unpaired) electrons. The van der Waals surface area contributed by atoms with Crippen LogP contribution in [0.5, 0.6) is 0 Å². The van der Waals surface area contributed by atoms with Crippen LogP contribution in [-0.2, 0) is 0 Å². The first kappa shape index (κ1) is 13.4. The molecule has 29 heavy (non-hydrogen) atoms. The lowest BCUT2D eigenvalue weighted by Crippen LogP contribution is -1.93. The highest BCUT2D eigenvalue weighted by Gasteiger charge is 2.08. The van der Waals surface area contributed by atoms with Gasteiger partial charge in [-0.05, 0) is 45.8 Å². The Morgan fingerprint density at radius 3 is 1.76 bits per heavy atom. The van der Waals surface area contributed by atoms with E-state index in [1.807, 2.05) is 66.7 Å². The van der Waals surface area contributed by atoms with Gasteiger partial charge in [-0.2, -0.15) is 0 Å². The third kappa shape index (κ3) is 3.51. The summed E-state index contributed by atoms with van der Waals surface area (Å²) in [5.41, 5.74) is 4.08. The summed E-state index contributed by atoms with van der Waals surface area (Å²) in [6, 6.07) is 30.9. The Morgan fingerprint density at radius 1 is 0.483 bits per heavy atom. The van der Waals surface area contributed by atoms with Crippen LogP contribution in [0.15, 0.2) is 121 Å². The Bertz CT molecular complexity index is 1440. The number of benzene rings is 5. The van der Waals surface area contributed by atoms with Crippen LogP contribution in [0.3, 0.4) is 0 Å². The van der Waals surface area contributed by atoms with Crippen molar-refractivity contribution in [2.45, 2.75) is 0 Å². The lowest BCUT2D eigenvalue weighted by molar-refractivity contribution is 1.56. The minimum Gasteiger partial charge on any atom is -0.355 e. The van der Waals surface area contributed by atoms with Gasteiger partial charge in [-0.25, -0.2) is 0 Å². The van der Waals surface area contributed by atoms with Gasteiger partial charge in [0, 0.05) is 16.8 Å².